The molecule has 0 radical (unpaired) electrons. The Labute approximate surface area is 223 Å². The molecule has 0 aliphatic carbocycles. The van der Waals surface area contributed by atoms with Gasteiger partial charge in [0.05, 0.1) is 12.7 Å². The first kappa shape index (κ1) is 27.4. The smallest absolute Gasteiger partial charge is 0.267 e. The van der Waals surface area contributed by atoms with E-state index in [4.69, 9.17) is 0 Å². The van der Waals surface area contributed by atoms with E-state index in [-0.39, 0.29) is 24.3 Å². The quantitative estimate of drug-likeness (QED) is 0.195. The summed E-state index contributed by atoms with van der Waals surface area (Å²) in [5.74, 6) is -0.0481. The second kappa shape index (κ2) is 12.7. The van der Waals surface area contributed by atoms with E-state index in [0.29, 0.717) is 36.5 Å². The van der Waals surface area contributed by atoms with Gasteiger partial charge < -0.3 is 30.5 Å². The van der Waals surface area contributed by atoms with Gasteiger partial charge in [-0.15, -0.1) is 0 Å². The fourth-order valence-corrected chi connectivity index (χ4v) is 4.83. The van der Waals surface area contributed by atoms with Gasteiger partial charge in [-0.05, 0) is 73.7 Å². The Morgan fingerprint density at radius 2 is 1.79 bits per heavy atom. The fraction of sp³-hybridized carbons (Fsp3) is 0.323. The maximum Gasteiger partial charge on any atom is 0.267 e. The molecule has 4 rings (SSSR count). The van der Waals surface area contributed by atoms with E-state index in [2.05, 4.69) is 47.9 Å². The first-order chi connectivity index (χ1) is 18.4. The summed E-state index contributed by atoms with van der Waals surface area (Å²) in [4.78, 5) is 13.0. The molecule has 0 bridgehead atoms. The molecule has 0 saturated heterocycles. The first-order valence-corrected chi connectivity index (χ1v) is 13.2. The molecule has 7 nitrogen and oxygen atoms in total. The summed E-state index contributed by atoms with van der Waals surface area (Å²) in [7, 11) is 0. The number of rotatable bonds is 12. The number of aromatic nitrogens is 1. The topological polar surface area (TPSA) is 107 Å². The molecule has 7 heteroatoms. The lowest BCUT2D eigenvalue weighted by Crippen LogP contribution is -2.32. The minimum Gasteiger partial charge on any atom is -0.508 e. The van der Waals surface area contributed by atoms with E-state index in [1.54, 1.807) is 12.1 Å². The molecule has 200 valence electrons. The zero-order valence-corrected chi connectivity index (χ0v) is 22.0. The third-order valence-electron chi connectivity index (χ3n) is 6.92. The Balaban J connectivity index is 1.37. The normalized spacial score (nSPS) is 12.9. The SMILES string of the molecule is CCn1c(C(=O)NCCc2ccccc2)cc2cc(C[C@@H](C)NC[C@H](O)c3ccc(O)c(CO)c3)ccc21. The van der Waals surface area contributed by atoms with E-state index < -0.39 is 6.10 Å². The number of aliphatic hydroxyl groups is 2. The minimum atomic E-state index is -0.757. The summed E-state index contributed by atoms with van der Waals surface area (Å²) in [6.07, 6.45) is 0.793. The van der Waals surface area contributed by atoms with Crippen molar-refractivity contribution < 1.29 is 20.1 Å². The lowest BCUT2D eigenvalue weighted by atomic mass is 10.0. The molecule has 1 heterocycles. The number of aromatic hydroxyl groups is 1. The summed E-state index contributed by atoms with van der Waals surface area (Å²) >= 11 is 0. The van der Waals surface area contributed by atoms with Gasteiger partial charge in [-0.1, -0.05) is 42.5 Å². The highest BCUT2D eigenvalue weighted by atomic mass is 16.3. The van der Waals surface area contributed by atoms with Crippen LogP contribution in [-0.2, 0) is 26.0 Å². The summed E-state index contributed by atoms with van der Waals surface area (Å²) in [6.45, 7) is 5.46. The number of nitrogens with zero attached hydrogens (tertiary/aromatic N) is 1. The average Bonchev–Trinajstić information content (AvgIpc) is 3.30. The fourth-order valence-electron chi connectivity index (χ4n) is 4.83. The molecule has 4 aromatic rings. The summed E-state index contributed by atoms with van der Waals surface area (Å²) in [5, 5.41) is 37.1. The Hall–Kier alpha value is -3.65. The molecule has 0 unspecified atom stereocenters. The lowest BCUT2D eigenvalue weighted by Gasteiger charge is -2.18. The second-order valence-corrected chi connectivity index (χ2v) is 9.73. The Morgan fingerprint density at radius 3 is 2.53 bits per heavy atom. The average molecular weight is 516 g/mol. The third-order valence-corrected chi connectivity index (χ3v) is 6.92. The predicted octanol–water partition coefficient (Wildman–Crippen LogP) is 4.09. The standard InChI is InChI=1S/C31H37N3O4/c1-3-34-27-11-9-23(15-21(2)33-19-30(37)24-10-12-29(36)26(17-24)20-35)16-25(27)18-28(34)31(38)32-14-13-22-7-5-4-6-8-22/h4-12,16-18,21,30,33,35-37H,3,13-15,19-20H2,1-2H3,(H,32,38)/t21-,30+/m1/s1. The number of nitrogens with one attached hydrogen (secondary N) is 2. The van der Waals surface area contributed by atoms with Crippen LogP contribution in [0.1, 0.15) is 52.7 Å². The van der Waals surface area contributed by atoms with Crippen molar-refractivity contribution in [3.63, 3.8) is 0 Å². The van der Waals surface area contributed by atoms with Crippen molar-refractivity contribution in [2.24, 2.45) is 0 Å². The number of aryl methyl sites for hydroxylation is 1. The van der Waals surface area contributed by atoms with Crippen LogP contribution in [0.3, 0.4) is 0 Å². The number of benzene rings is 3. The maximum absolute atomic E-state index is 13.0. The van der Waals surface area contributed by atoms with E-state index >= 15 is 0 Å². The number of carbonyl (C=O) groups excluding carboxylic acids is 1. The van der Waals surface area contributed by atoms with Crippen molar-refractivity contribution in [1.29, 1.82) is 0 Å². The van der Waals surface area contributed by atoms with Gasteiger partial charge in [0, 0.05) is 42.1 Å². The zero-order chi connectivity index (χ0) is 27.1. The molecular weight excluding hydrogens is 478 g/mol. The van der Waals surface area contributed by atoms with Crippen LogP contribution in [0.25, 0.3) is 10.9 Å². The van der Waals surface area contributed by atoms with Crippen LogP contribution in [0, 0.1) is 0 Å². The van der Waals surface area contributed by atoms with Crippen molar-refractivity contribution in [2.75, 3.05) is 13.1 Å². The molecule has 2 atom stereocenters. The molecule has 5 N–H and O–H groups in total. The molecule has 0 spiro atoms. The molecule has 0 aliphatic heterocycles. The van der Waals surface area contributed by atoms with Crippen LogP contribution in [0.5, 0.6) is 5.75 Å². The highest BCUT2D eigenvalue weighted by molar-refractivity contribution is 5.99. The van der Waals surface area contributed by atoms with Crippen molar-refractivity contribution in [3.8, 4) is 5.75 Å². The monoisotopic (exact) mass is 515 g/mol. The Morgan fingerprint density at radius 1 is 1.00 bits per heavy atom. The molecule has 0 aliphatic rings. The highest BCUT2D eigenvalue weighted by Gasteiger charge is 2.16. The number of fused-ring (bicyclic) bond motifs is 1. The maximum atomic E-state index is 13.0. The van der Waals surface area contributed by atoms with Crippen LogP contribution >= 0.6 is 0 Å². The number of phenols is 1. The number of hydrogen-bond acceptors (Lipinski definition) is 5. The summed E-state index contributed by atoms with van der Waals surface area (Å²) in [5.41, 5.74) is 5.07. The summed E-state index contributed by atoms with van der Waals surface area (Å²) in [6, 6.07) is 23.3. The van der Waals surface area contributed by atoms with Crippen LogP contribution in [-0.4, -0.2) is 44.9 Å². The van der Waals surface area contributed by atoms with Gasteiger partial charge in [0.1, 0.15) is 11.4 Å². The van der Waals surface area contributed by atoms with E-state index in [1.165, 1.54) is 11.6 Å². The van der Waals surface area contributed by atoms with Crippen LogP contribution in [0.4, 0.5) is 0 Å². The van der Waals surface area contributed by atoms with Crippen molar-refractivity contribution in [3.05, 3.63) is 101 Å². The minimum absolute atomic E-state index is 0.0184. The number of carbonyl (C=O) groups is 1. The van der Waals surface area contributed by atoms with E-state index in [1.807, 2.05) is 35.8 Å². The lowest BCUT2D eigenvalue weighted by molar-refractivity contribution is 0.0945. The molecule has 1 aromatic heterocycles. The van der Waals surface area contributed by atoms with Gasteiger partial charge >= 0.3 is 0 Å². The highest BCUT2D eigenvalue weighted by Crippen LogP contribution is 2.24. The number of aliphatic hydroxyl groups excluding tert-OH is 2. The zero-order valence-electron chi connectivity index (χ0n) is 22.0. The van der Waals surface area contributed by atoms with Crippen molar-refractivity contribution in [2.45, 2.75) is 52.0 Å². The van der Waals surface area contributed by atoms with Gasteiger partial charge in [-0.3, -0.25) is 4.79 Å². The van der Waals surface area contributed by atoms with E-state index in [9.17, 15) is 20.1 Å². The predicted molar refractivity (Wildman–Crippen MR) is 150 cm³/mol. The molecular formula is C31H37N3O4. The van der Waals surface area contributed by atoms with Gasteiger partial charge in [0.2, 0.25) is 0 Å². The molecule has 1 amide bonds. The second-order valence-electron chi connectivity index (χ2n) is 9.73. The molecule has 0 saturated carbocycles. The molecule has 38 heavy (non-hydrogen) atoms. The summed E-state index contributed by atoms with van der Waals surface area (Å²) < 4.78 is 2.05. The van der Waals surface area contributed by atoms with Crippen molar-refractivity contribution in [1.82, 2.24) is 15.2 Å². The van der Waals surface area contributed by atoms with Crippen molar-refractivity contribution >= 4 is 16.8 Å². The first-order valence-electron chi connectivity index (χ1n) is 13.2. The molecule has 0 fully saturated rings. The van der Waals surface area contributed by atoms with Crippen LogP contribution < -0.4 is 10.6 Å². The van der Waals surface area contributed by atoms with Crippen LogP contribution in [0.2, 0.25) is 0 Å². The number of hydrogen-bond donors (Lipinski definition) is 5. The number of amides is 1. The van der Waals surface area contributed by atoms with E-state index in [0.717, 1.165) is 29.3 Å². The third kappa shape index (κ3) is 6.61. The van der Waals surface area contributed by atoms with Gasteiger partial charge in [0.15, 0.2) is 0 Å². The Kier molecular flexibility index (Phi) is 9.18. The van der Waals surface area contributed by atoms with Gasteiger partial charge in [-0.25, -0.2) is 0 Å². The largest absolute Gasteiger partial charge is 0.508 e. The van der Waals surface area contributed by atoms with Gasteiger partial charge in [0.25, 0.3) is 5.91 Å². The molecule has 3 aromatic carbocycles. The van der Waals surface area contributed by atoms with Gasteiger partial charge in [-0.2, -0.15) is 0 Å². The van der Waals surface area contributed by atoms with Crippen LogP contribution in [0.15, 0.2) is 72.8 Å². The Bertz CT molecular complexity index is 1370.